The molecule has 74 valence electrons. The Kier molecular flexibility index (Phi) is 2.04. The predicted molar refractivity (Wildman–Crippen MR) is 56.3 cm³/mol. The molecular weight excluding hydrogens is 178 g/mol. The highest BCUT2D eigenvalue weighted by Gasteiger charge is 2.04. The normalized spacial score (nSPS) is 11.1. The molecule has 0 aliphatic heterocycles. The number of H-pyrrole nitrogens is 1. The van der Waals surface area contributed by atoms with Gasteiger partial charge in [0.05, 0.1) is 11.6 Å². The number of nitrogens with one attached hydrogen (secondary N) is 1. The van der Waals surface area contributed by atoms with Gasteiger partial charge in [0.2, 0.25) is 0 Å². The molecule has 0 unspecified atom stereocenters. The summed E-state index contributed by atoms with van der Waals surface area (Å²) < 4.78 is 5.54. The molecule has 0 spiro atoms. The molecule has 0 bridgehead atoms. The lowest BCUT2D eigenvalue weighted by Gasteiger charge is -2.08. The van der Waals surface area contributed by atoms with Crippen LogP contribution in [0.1, 0.15) is 13.8 Å². The first kappa shape index (κ1) is 8.87. The van der Waals surface area contributed by atoms with Crippen LogP contribution in [0.4, 0.5) is 5.82 Å². The van der Waals surface area contributed by atoms with Crippen LogP contribution in [0.15, 0.2) is 18.2 Å². The van der Waals surface area contributed by atoms with E-state index in [0.29, 0.717) is 5.82 Å². The molecule has 1 aromatic heterocycles. The van der Waals surface area contributed by atoms with Crippen molar-refractivity contribution >= 4 is 16.7 Å². The van der Waals surface area contributed by atoms with Crippen LogP contribution in [0.25, 0.3) is 10.9 Å². The SMILES string of the molecule is CC(C)Oc1ccc2c(N)n[nH]c2c1. The molecule has 0 aliphatic rings. The summed E-state index contributed by atoms with van der Waals surface area (Å²) >= 11 is 0. The molecule has 14 heavy (non-hydrogen) atoms. The quantitative estimate of drug-likeness (QED) is 0.762. The van der Waals surface area contributed by atoms with Gasteiger partial charge < -0.3 is 10.5 Å². The number of anilines is 1. The van der Waals surface area contributed by atoms with E-state index in [4.69, 9.17) is 10.5 Å². The summed E-state index contributed by atoms with van der Waals surface area (Å²) in [5, 5.41) is 7.69. The molecule has 4 nitrogen and oxygen atoms in total. The monoisotopic (exact) mass is 191 g/mol. The molecule has 2 rings (SSSR count). The van der Waals surface area contributed by atoms with Crippen molar-refractivity contribution in [3.63, 3.8) is 0 Å². The van der Waals surface area contributed by atoms with Crippen molar-refractivity contribution < 1.29 is 4.74 Å². The van der Waals surface area contributed by atoms with Gasteiger partial charge in [-0.3, -0.25) is 5.10 Å². The third kappa shape index (κ3) is 1.51. The number of hydrogen-bond donors (Lipinski definition) is 2. The Labute approximate surface area is 82.1 Å². The number of aromatic amines is 1. The number of nitrogens with zero attached hydrogens (tertiary/aromatic N) is 1. The topological polar surface area (TPSA) is 63.9 Å². The van der Waals surface area contributed by atoms with Gasteiger partial charge in [-0.1, -0.05) is 0 Å². The summed E-state index contributed by atoms with van der Waals surface area (Å²) in [4.78, 5) is 0. The van der Waals surface area contributed by atoms with Gasteiger partial charge in [0, 0.05) is 11.5 Å². The third-order valence-electron chi connectivity index (χ3n) is 1.94. The lowest BCUT2D eigenvalue weighted by molar-refractivity contribution is 0.242. The Morgan fingerprint density at radius 1 is 1.43 bits per heavy atom. The minimum absolute atomic E-state index is 0.174. The fourth-order valence-corrected chi connectivity index (χ4v) is 1.37. The first-order chi connectivity index (χ1) is 6.66. The maximum absolute atomic E-state index is 5.64. The van der Waals surface area contributed by atoms with Gasteiger partial charge in [0.25, 0.3) is 0 Å². The second-order valence-electron chi connectivity index (χ2n) is 3.48. The Balaban J connectivity index is 2.42. The van der Waals surface area contributed by atoms with Crippen molar-refractivity contribution in [2.45, 2.75) is 20.0 Å². The van der Waals surface area contributed by atoms with Crippen molar-refractivity contribution in [2.24, 2.45) is 0 Å². The second-order valence-corrected chi connectivity index (χ2v) is 3.48. The third-order valence-corrected chi connectivity index (χ3v) is 1.94. The molecule has 2 aromatic rings. The predicted octanol–water partition coefficient (Wildman–Crippen LogP) is 1.93. The van der Waals surface area contributed by atoms with Crippen molar-refractivity contribution in [1.29, 1.82) is 0 Å². The standard InChI is InChI=1S/C10H13N3O/c1-6(2)14-7-3-4-8-9(5-7)12-13-10(8)11/h3-6H,1-2H3,(H3,11,12,13). The molecule has 3 N–H and O–H groups in total. The van der Waals surface area contributed by atoms with E-state index < -0.39 is 0 Å². The Morgan fingerprint density at radius 2 is 2.21 bits per heavy atom. The summed E-state index contributed by atoms with van der Waals surface area (Å²) in [5.74, 6) is 1.35. The van der Waals surface area contributed by atoms with E-state index in [1.807, 2.05) is 32.0 Å². The van der Waals surface area contributed by atoms with E-state index in [1.165, 1.54) is 0 Å². The summed E-state index contributed by atoms with van der Waals surface area (Å²) in [6, 6.07) is 5.71. The van der Waals surface area contributed by atoms with Crippen molar-refractivity contribution in [1.82, 2.24) is 10.2 Å². The molecule has 0 amide bonds. The lowest BCUT2D eigenvalue weighted by atomic mass is 10.2. The number of hydrogen-bond acceptors (Lipinski definition) is 3. The minimum atomic E-state index is 0.174. The van der Waals surface area contributed by atoms with Gasteiger partial charge in [-0.05, 0) is 26.0 Å². The van der Waals surface area contributed by atoms with E-state index in [2.05, 4.69) is 10.2 Å². The molecule has 0 aliphatic carbocycles. The first-order valence-corrected chi connectivity index (χ1v) is 4.57. The van der Waals surface area contributed by atoms with Gasteiger partial charge in [-0.25, -0.2) is 0 Å². The fourth-order valence-electron chi connectivity index (χ4n) is 1.37. The summed E-state index contributed by atoms with van der Waals surface area (Å²) in [6.07, 6.45) is 0.174. The molecule has 0 saturated heterocycles. The van der Waals surface area contributed by atoms with Crippen LogP contribution in [0.3, 0.4) is 0 Å². The van der Waals surface area contributed by atoms with E-state index in [1.54, 1.807) is 0 Å². The van der Waals surface area contributed by atoms with Gasteiger partial charge >= 0.3 is 0 Å². The largest absolute Gasteiger partial charge is 0.491 e. The zero-order chi connectivity index (χ0) is 10.1. The minimum Gasteiger partial charge on any atom is -0.491 e. The summed E-state index contributed by atoms with van der Waals surface area (Å²) in [5.41, 5.74) is 6.55. The summed E-state index contributed by atoms with van der Waals surface area (Å²) in [7, 11) is 0. The van der Waals surface area contributed by atoms with Gasteiger partial charge in [-0.15, -0.1) is 0 Å². The maximum Gasteiger partial charge on any atom is 0.153 e. The molecule has 1 aromatic carbocycles. The Hall–Kier alpha value is -1.71. The van der Waals surface area contributed by atoms with Crippen LogP contribution < -0.4 is 10.5 Å². The number of rotatable bonds is 2. The van der Waals surface area contributed by atoms with Crippen LogP contribution in [-0.2, 0) is 0 Å². The lowest BCUT2D eigenvalue weighted by Crippen LogP contribution is -2.05. The first-order valence-electron chi connectivity index (χ1n) is 4.57. The average molecular weight is 191 g/mol. The van der Waals surface area contributed by atoms with Crippen molar-refractivity contribution in [3.8, 4) is 5.75 Å². The number of nitrogens with two attached hydrogens (primary N) is 1. The molecule has 4 heteroatoms. The number of ether oxygens (including phenoxy) is 1. The molecular formula is C10H13N3O. The van der Waals surface area contributed by atoms with E-state index in [9.17, 15) is 0 Å². The molecule has 0 saturated carbocycles. The van der Waals surface area contributed by atoms with E-state index in [-0.39, 0.29) is 6.10 Å². The smallest absolute Gasteiger partial charge is 0.153 e. The molecule has 0 atom stereocenters. The number of benzene rings is 1. The number of fused-ring (bicyclic) bond motifs is 1. The van der Waals surface area contributed by atoms with Crippen molar-refractivity contribution in [3.05, 3.63) is 18.2 Å². The highest BCUT2D eigenvalue weighted by Crippen LogP contribution is 2.23. The maximum atomic E-state index is 5.64. The average Bonchev–Trinajstić information content (AvgIpc) is 2.46. The Morgan fingerprint density at radius 3 is 2.93 bits per heavy atom. The van der Waals surface area contributed by atoms with Crippen LogP contribution in [-0.4, -0.2) is 16.3 Å². The van der Waals surface area contributed by atoms with E-state index >= 15 is 0 Å². The fraction of sp³-hybridized carbons (Fsp3) is 0.300. The highest BCUT2D eigenvalue weighted by molar-refractivity contribution is 5.89. The molecule has 0 fully saturated rings. The number of aromatic nitrogens is 2. The van der Waals surface area contributed by atoms with Gasteiger partial charge in [0.15, 0.2) is 5.82 Å². The van der Waals surface area contributed by atoms with Gasteiger partial charge in [-0.2, -0.15) is 5.10 Å². The zero-order valence-electron chi connectivity index (χ0n) is 8.24. The summed E-state index contributed by atoms with van der Waals surface area (Å²) in [6.45, 7) is 3.98. The van der Waals surface area contributed by atoms with Gasteiger partial charge in [0.1, 0.15) is 5.75 Å². The second kappa shape index (κ2) is 3.21. The highest BCUT2D eigenvalue weighted by atomic mass is 16.5. The number of nitrogen functional groups attached to an aromatic ring is 1. The Bertz CT molecular complexity index is 448. The zero-order valence-corrected chi connectivity index (χ0v) is 8.24. The van der Waals surface area contributed by atoms with E-state index in [0.717, 1.165) is 16.7 Å². The molecule has 1 heterocycles. The van der Waals surface area contributed by atoms with Crippen LogP contribution in [0.2, 0.25) is 0 Å². The van der Waals surface area contributed by atoms with Crippen LogP contribution in [0, 0.1) is 0 Å². The van der Waals surface area contributed by atoms with Crippen LogP contribution >= 0.6 is 0 Å². The van der Waals surface area contributed by atoms with Crippen LogP contribution in [0.5, 0.6) is 5.75 Å². The van der Waals surface area contributed by atoms with Crippen molar-refractivity contribution in [2.75, 3.05) is 5.73 Å². The molecule has 0 radical (unpaired) electrons.